The van der Waals surface area contributed by atoms with E-state index in [4.69, 9.17) is 11.6 Å². The lowest BCUT2D eigenvalue weighted by Gasteiger charge is -2.25. The Kier molecular flexibility index (Phi) is 6.22. The highest BCUT2D eigenvalue weighted by Crippen LogP contribution is 2.26. The Bertz CT molecular complexity index is 328. The molecule has 16 heavy (non-hydrogen) atoms. The lowest BCUT2D eigenvalue weighted by Crippen LogP contribution is -2.24. The quantitative estimate of drug-likeness (QED) is 0.681. The van der Waals surface area contributed by atoms with Gasteiger partial charge >= 0.3 is 0 Å². The molecule has 0 aromatic heterocycles. The molecule has 0 aliphatic heterocycles. The highest BCUT2D eigenvalue weighted by atomic mass is 79.9. The molecule has 0 saturated heterocycles. The number of hydrogen-bond donors (Lipinski definition) is 0. The normalized spacial score (nSPS) is 10.5. The number of anilines is 1. The number of nitrogens with zero attached hydrogens (tertiary/aromatic N) is 1. The molecule has 3 heteroatoms. The van der Waals surface area contributed by atoms with E-state index in [0.29, 0.717) is 5.88 Å². The third-order valence-electron chi connectivity index (χ3n) is 2.69. The summed E-state index contributed by atoms with van der Waals surface area (Å²) in [7, 11) is 0. The van der Waals surface area contributed by atoms with Crippen LogP contribution in [0.3, 0.4) is 0 Å². The fourth-order valence-corrected chi connectivity index (χ4v) is 2.39. The van der Waals surface area contributed by atoms with Crippen molar-refractivity contribution in [3.63, 3.8) is 0 Å². The zero-order chi connectivity index (χ0) is 12.0. The summed E-state index contributed by atoms with van der Waals surface area (Å²) < 4.78 is 1.10. The Morgan fingerprint density at radius 1 is 1.31 bits per heavy atom. The van der Waals surface area contributed by atoms with E-state index in [9.17, 15) is 0 Å². The largest absolute Gasteiger partial charge is 0.372 e. The average Bonchev–Trinajstić information content (AvgIpc) is 2.31. The van der Waals surface area contributed by atoms with E-state index in [0.717, 1.165) is 17.6 Å². The first kappa shape index (κ1) is 13.9. The molecule has 0 aliphatic rings. The van der Waals surface area contributed by atoms with E-state index >= 15 is 0 Å². The highest BCUT2D eigenvalue weighted by molar-refractivity contribution is 9.10. The predicted molar refractivity (Wildman–Crippen MR) is 76.5 cm³/mol. The molecule has 0 radical (unpaired) electrons. The summed E-state index contributed by atoms with van der Waals surface area (Å²) in [5, 5.41) is 0. The minimum Gasteiger partial charge on any atom is -0.372 e. The fraction of sp³-hybridized carbons (Fsp3) is 0.538. The van der Waals surface area contributed by atoms with Gasteiger partial charge in [0.05, 0.1) is 0 Å². The van der Waals surface area contributed by atoms with Crippen molar-refractivity contribution in [3.8, 4) is 0 Å². The van der Waals surface area contributed by atoms with Crippen LogP contribution in [-0.4, -0.2) is 13.1 Å². The topological polar surface area (TPSA) is 3.24 Å². The smallest absolute Gasteiger partial charge is 0.0494 e. The number of hydrogen-bond acceptors (Lipinski definition) is 1. The van der Waals surface area contributed by atoms with Gasteiger partial charge in [-0.1, -0.05) is 29.3 Å². The molecule has 0 bridgehead atoms. The second kappa shape index (κ2) is 7.18. The maximum absolute atomic E-state index is 5.99. The minimum atomic E-state index is 0.567. The molecular formula is C13H19BrClN. The Morgan fingerprint density at radius 2 is 2.06 bits per heavy atom. The molecule has 0 atom stereocenters. The Labute approximate surface area is 112 Å². The second-order valence-corrected chi connectivity index (χ2v) is 5.02. The van der Waals surface area contributed by atoms with Crippen LogP contribution in [0.25, 0.3) is 0 Å². The molecule has 0 heterocycles. The molecule has 0 N–H and O–H groups in total. The average molecular weight is 305 g/mol. The number of rotatable bonds is 6. The van der Waals surface area contributed by atoms with E-state index in [1.807, 2.05) is 0 Å². The molecule has 90 valence electrons. The van der Waals surface area contributed by atoms with Gasteiger partial charge in [0.2, 0.25) is 0 Å². The zero-order valence-corrected chi connectivity index (χ0v) is 12.3. The zero-order valence-electron chi connectivity index (χ0n) is 9.97. The maximum Gasteiger partial charge on any atom is 0.0494 e. The number of halogens is 2. The van der Waals surface area contributed by atoms with Crippen LogP contribution in [0.15, 0.2) is 22.7 Å². The third kappa shape index (κ3) is 3.67. The van der Waals surface area contributed by atoms with Crippen molar-refractivity contribution >= 4 is 33.2 Å². The lowest BCUT2D eigenvalue weighted by atomic mass is 10.1. The summed E-state index contributed by atoms with van der Waals surface area (Å²) in [6, 6.07) is 6.35. The monoisotopic (exact) mass is 303 g/mol. The Hall–Kier alpha value is -0.210. The van der Waals surface area contributed by atoms with Crippen molar-refractivity contribution in [1.29, 1.82) is 0 Å². The van der Waals surface area contributed by atoms with Gasteiger partial charge in [-0.3, -0.25) is 0 Å². The van der Waals surface area contributed by atoms with Crippen molar-refractivity contribution in [3.05, 3.63) is 28.2 Å². The summed E-state index contributed by atoms with van der Waals surface area (Å²) in [6.07, 6.45) is 2.45. The molecule has 0 unspecified atom stereocenters. The van der Waals surface area contributed by atoms with Gasteiger partial charge in [0.1, 0.15) is 0 Å². The molecule has 0 fully saturated rings. The summed E-state index contributed by atoms with van der Waals surface area (Å²) in [4.78, 5) is 2.40. The molecule has 1 rings (SSSR count). The molecule has 0 saturated carbocycles. The van der Waals surface area contributed by atoms with Crippen LogP contribution in [0.1, 0.15) is 32.3 Å². The number of unbranched alkanes of at least 4 members (excludes halogenated alkanes) is 1. The van der Waals surface area contributed by atoms with Crippen molar-refractivity contribution in [2.45, 2.75) is 32.6 Å². The van der Waals surface area contributed by atoms with Gasteiger partial charge in [-0.25, -0.2) is 0 Å². The van der Waals surface area contributed by atoms with E-state index in [1.54, 1.807) is 0 Å². The van der Waals surface area contributed by atoms with E-state index in [-0.39, 0.29) is 0 Å². The first-order valence-corrected chi connectivity index (χ1v) is 7.15. The van der Waals surface area contributed by atoms with Gasteiger partial charge in [-0.05, 0) is 37.1 Å². The van der Waals surface area contributed by atoms with Crippen molar-refractivity contribution in [1.82, 2.24) is 0 Å². The Balaban J connectivity index is 2.90. The van der Waals surface area contributed by atoms with Crippen LogP contribution in [0.4, 0.5) is 5.69 Å². The van der Waals surface area contributed by atoms with Gasteiger partial charge in [0.15, 0.2) is 0 Å². The summed E-state index contributed by atoms with van der Waals surface area (Å²) in [5.41, 5.74) is 2.48. The Morgan fingerprint density at radius 3 is 2.62 bits per heavy atom. The second-order valence-electron chi connectivity index (χ2n) is 3.84. The fourth-order valence-electron chi connectivity index (χ4n) is 1.77. The van der Waals surface area contributed by atoms with E-state index < -0.39 is 0 Å². The van der Waals surface area contributed by atoms with E-state index in [1.165, 1.54) is 24.1 Å². The standard InChI is InChI=1S/C13H19BrClN/c1-3-5-8-16(4-2)13-7-6-12(14)9-11(13)10-15/h6-7,9H,3-5,8,10H2,1-2H3. The minimum absolute atomic E-state index is 0.567. The first-order valence-electron chi connectivity index (χ1n) is 5.82. The summed E-state index contributed by atoms with van der Waals surface area (Å²) in [6.45, 7) is 6.55. The van der Waals surface area contributed by atoms with Crippen LogP contribution in [-0.2, 0) is 5.88 Å². The van der Waals surface area contributed by atoms with Gasteiger partial charge in [-0.2, -0.15) is 0 Å². The van der Waals surface area contributed by atoms with Gasteiger partial charge in [0.25, 0.3) is 0 Å². The van der Waals surface area contributed by atoms with Crippen molar-refractivity contribution in [2.24, 2.45) is 0 Å². The molecular weight excluding hydrogens is 286 g/mol. The summed E-state index contributed by atoms with van der Waals surface area (Å²) in [5.74, 6) is 0.567. The first-order chi connectivity index (χ1) is 7.72. The van der Waals surface area contributed by atoms with Gasteiger partial charge < -0.3 is 4.90 Å². The van der Waals surface area contributed by atoms with Crippen LogP contribution < -0.4 is 4.90 Å². The molecule has 0 aliphatic carbocycles. The molecule has 0 spiro atoms. The molecule has 0 amide bonds. The predicted octanol–water partition coefficient (Wildman–Crippen LogP) is 4.81. The molecule has 1 nitrogen and oxygen atoms in total. The van der Waals surface area contributed by atoms with Gasteiger partial charge in [0, 0.05) is 29.1 Å². The number of benzene rings is 1. The van der Waals surface area contributed by atoms with Crippen molar-refractivity contribution < 1.29 is 0 Å². The summed E-state index contributed by atoms with van der Waals surface area (Å²) >= 11 is 9.48. The molecule has 1 aromatic rings. The van der Waals surface area contributed by atoms with Crippen LogP contribution in [0.2, 0.25) is 0 Å². The van der Waals surface area contributed by atoms with E-state index in [2.05, 4.69) is 52.9 Å². The van der Waals surface area contributed by atoms with Crippen LogP contribution >= 0.6 is 27.5 Å². The SMILES string of the molecule is CCCCN(CC)c1ccc(Br)cc1CCl. The van der Waals surface area contributed by atoms with Crippen molar-refractivity contribution in [2.75, 3.05) is 18.0 Å². The number of alkyl halides is 1. The third-order valence-corrected chi connectivity index (χ3v) is 3.47. The molecule has 1 aromatic carbocycles. The van der Waals surface area contributed by atoms with Gasteiger partial charge in [-0.15, -0.1) is 11.6 Å². The highest BCUT2D eigenvalue weighted by Gasteiger charge is 2.09. The van der Waals surface area contributed by atoms with Crippen LogP contribution in [0.5, 0.6) is 0 Å². The maximum atomic E-state index is 5.99. The van der Waals surface area contributed by atoms with Crippen LogP contribution in [0, 0.1) is 0 Å². The lowest BCUT2D eigenvalue weighted by molar-refractivity contribution is 0.730.